The maximum atomic E-state index is 13.9. The zero-order valence-electron chi connectivity index (χ0n) is 21.2. The quantitative estimate of drug-likeness (QED) is 0.618. The topological polar surface area (TPSA) is 76.1 Å². The molecule has 2 atom stereocenters. The zero-order chi connectivity index (χ0) is 25.7. The number of pyridine rings is 1. The van der Waals surface area contributed by atoms with E-state index in [2.05, 4.69) is 36.6 Å². The predicted molar refractivity (Wildman–Crippen MR) is 139 cm³/mol. The van der Waals surface area contributed by atoms with Crippen molar-refractivity contribution in [1.29, 1.82) is 0 Å². The highest BCUT2D eigenvalue weighted by Gasteiger charge is 2.58. The standard InChI is InChI=1S/C27H32ClF2N7/c1-16-20(31)4-6-22(32-16)35-14-26(15-35)8-18(9-26)24-34-33-23-11-36(25(2)12-27(29,30)13-25)10-17-7-19(28)3-5-21(17)37(23)24/h3-7,17-18,21H,8-15,31H2,1-2H3. The average Bonchev–Trinajstić information content (AvgIpc) is 3.07. The van der Waals surface area contributed by atoms with Crippen molar-refractivity contribution < 1.29 is 8.78 Å². The van der Waals surface area contributed by atoms with E-state index in [4.69, 9.17) is 22.4 Å². The molecular formula is C27H32ClF2N7. The van der Waals surface area contributed by atoms with Gasteiger partial charge in [-0.1, -0.05) is 23.8 Å². The molecule has 3 fully saturated rings. The van der Waals surface area contributed by atoms with E-state index in [1.165, 1.54) is 0 Å². The molecule has 0 aromatic carbocycles. The number of aromatic nitrogens is 4. The first-order valence-corrected chi connectivity index (χ1v) is 13.5. The molecule has 196 valence electrons. The molecule has 2 saturated carbocycles. The van der Waals surface area contributed by atoms with Crippen molar-refractivity contribution in [1.82, 2.24) is 24.6 Å². The summed E-state index contributed by atoms with van der Waals surface area (Å²) in [6.07, 6.45) is 8.07. The molecule has 7 rings (SSSR count). The Hall–Kier alpha value is -2.52. The predicted octanol–water partition coefficient (Wildman–Crippen LogP) is 4.80. The van der Waals surface area contributed by atoms with Crippen LogP contribution in [0, 0.1) is 18.3 Å². The lowest BCUT2D eigenvalue weighted by atomic mass is 9.57. The lowest BCUT2D eigenvalue weighted by Crippen LogP contribution is -2.62. The summed E-state index contributed by atoms with van der Waals surface area (Å²) in [7, 11) is 0. The molecule has 3 aliphatic carbocycles. The van der Waals surface area contributed by atoms with Crippen LogP contribution in [-0.4, -0.2) is 55.7 Å². The van der Waals surface area contributed by atoms with Gasteiger partial charge in [0.2, 0.25) is 0 Å². The van der Waals surface area contributed by atoms with Gasteiger partial charge in [-0.3, -0.25) is 4.90 Å². The van der Waals surface area contributed by atoms with Gasteiger partial charge in [-0.05, 0) is 44.9 Å². The minimum Gasteiger partial charge on any atom is -0.397 e. The van der Waals surface area contributed by atoms with Crippen LogP contribution in [0.4, 0.5) is 20.3 Å². The molecule has 2 N–H and O–H groups in total. The number of hydrogen-bond donors (Lipinski definition) is 1. The van der Waals surface area contributed by atoms with E-state index in [0.717, 1.165) is 54.8 Å². The Balaban J connectivity index is 1.11. The molecule has 0 radical (unpaired) electrons. The Morgan fingerprint density at radius 2 is 1.89 bits per heavy atom. The summed E-state index contributed by atoms with van der Waals surface area (Å²) < 4.78 is 30.1. The second-order valence-electron chi connectivity index (χ2n) is 12.3. The maximum absolute atomic E-state index is 13.9. The van der Waals surface area contributed by atoms with Crippen LogP contribution in [0.5, 0.6) is 0 Å². The van der Waals surface area contributed by atoms with Crippen molar-refractivity contribution in [2.24, 2.45) is 11.3 Å². The van der Waals surface area contributed by atoms with E-state index < -0.39 is 11.5 Å². The maximum Gasteiger partial charge on any atom is 0.251 e. The normalized spacial score (nSPS) is 29.4. The number of allylic oxidation sites excluding steroid dienone is 3. The number of aryl methyl sites for hydroxylation is 1. The van der Waals surface area contributed by atoms with Crippen molar-refractivity contribution in [3.8, 4) is 0 Å². The van der Waals surface area contributed by atoms with Crippen LogP contribution in [0.3, 0.4) is 0 Å². The number of nitrogens with zero attached hydrogens (tertiary/aromatic N) is 6. The largest absolute Gasteiger partial charge is 0.397 e. The second-order valence-corrected chi connectivity index (χ2v) is 12.7. The molecule has 1 saturated heterocycles. The molecule has 37 heavy (non-hydrogen) atoms. The highest BCUT2D eigenvalue weighted by molar-refractivity contribution is 6.31. The molecule has 2 aromatic heterocycles. The monoisotopic (exact) mass is 527 g/mol. The van der Waals surface area contributed by atoms with Crippen molar-refractivity contribution in [3.05, 3.63) is 52.7 Å². The average molecular weight is 528 g/mol. The van der Waals surface area contributed by atoms with E-state index >= 15 is 0 Å². The van der Waals surface area contributed by atoms with Gasteiger partial charge in [0.1, 0.15) is 17.5 Å². The fourth-order valence-corrected chi connectivity index (χ4v) is 7.69. The second kappa shape index (κ2) is 7.76. The van der Waals surface area contributed by atoms with Crippen molar-refractivity contribution >= 4 is 23.1 Å². The molecule has 2 unspecified atom stereocenters. The molecule has 1 spiro atoms. The van der Waals surface area contributed by atoms with Crippen LogP contribution >= 0.6 is 11.6 Å². The fourth-order valence-electron chi connectivity index (χ4n) is 7.45. The lowest BCUT2D eigenvalue weighted by molar-refractivity contribution is -0.172. The van der Waals surface area contributed by atoms with Crippen LogP contribution in [0.1, 0.15) is 61.9 Å². The van der Waals surface area contributed by atoms with E-state index in [9.17, 15) is 8.78 Å². The summed E-state index contributed by atoms with van der Waals surface area (Å²) in [4.78, 5) is 9.17. The number of anilines is 2. The summed E-state index contributed by atoms with van der Waals surface area (Å²) in [6, 6.07) is 3.98. The number of alkyl halides is 2. The first-order chi connectivity index (χ1) is 17.5. The first kappa shape index (κ1) is 23.6. The molecule has 0 bridgehead atoms. The SMILES string of the molecule is Cc1nc(N2CC3(CC(c4nnc5n4C4C=CC(Cl)=CC4CN(C4(C)CC(F)(F)C4)C5)C3)C2)ccc1N. The van der Waals surface area contributed by atoms with Crippen LogP contribution in [0.25, 0.3) is 0 Å². The van der Waals surface area contributed by atoms with Gasteiger partial charge in [-0.15, -0.1) is 10.2 Å². The van der Waals surface area contributed by atoms with Gasteiger partial charge < -0.3 is 15.2 Å². The fraction of sp³-hybridized carbons (Fsp3) is 0.593. The number of hydrogen-bond acceptors (Lipinski definition) is 6. The summed E-state index contributed by atoms with van der Waals surface area (Å²) in [5, 5.41) is 10.0. The van der Waals surface area contributed by atoms with E-state index in [1.807, 2.05) is 32.1 Å². The van der Waals surface area contributed by atoms with Crippen LogP contribution in [0.15, 0.2) is 35.4 Å². The van der Waals surface area contributed by atoms with E-state index in [1.54, 1.807) is 0 Å². The van der Waals surface area contributed by atoms with Gasteiger partial charge in [0, 0.05) is 60.3 Å². The third-order valence-corrected chi connectivity index (χ3v) is 9.63. The molecule has 10 heteroatoms. The Kier molecular flexibility index (Phi) is 4.94. The Morgan fingerprint density at radius 3 is 2.59 bits per heavy atom. The summed E-state index contributed by atoms with van der Waals surface area (Å²) in [5.74, 6) is 0.732. The van der Waals surface area contributed by atoms with Crippen molar-refractivity contribution in [2.75, 3.05) is 30.3 Å². The van der Waals surface area contributed by atoms with E-state index in [-0.39, 0.29) is 24.8 Å². The number of rotatable bonds is 3. The van der Waals surface area contributed by atoms with Crippen LogP contribution in [-0.2, 0) is 6.54 Å². The highest BCUT2D eigenvalue weighted by atomic mass is 35.5. The van der Waals surface area contributed by atoms with Gasteiger partial charge in [-0.2, -0.15) is 0 Å². The number of nitrogens with two attached hydrogens (primary N) is 1. The summed E-state index contributed by atoms with van der Waals surface area (Å²) >= 11 is 6.41. The van der Waals surface area contributed by atoms with Gasteiger partial charge in [0.15, 0.2) is 0 Å². The minimum absolute atomic E-state index is 0.0491. The number of nitrogen functional groups attached to an aromatic ring is 1. The Bertz CT molecular complexity index is 1310. The smallest absolute Gasteiger partial charge is 0.251 e. The zero-order valence-corrected chi connectivity index (χ0v) is 21.9. The third kappa shape index (κ3) is 3.72. The van der Waals surface area contributed by atoms with Crippen LogP contribution < -0.4 is 10.6 Å². The molecule has 7 nitrogen and oxygen atoms in total. The molecule has 4 heterocycles. The van der Waals surface area contributed by atoms with Gasteiger partial charge in [0.25, 0.3) is 5.92 Å². The van der Waals surface area contributed by atoms with Crippen molar-refractivity contribution in [2.45, 2.75) is 69.5 Å². The first-order valence-electron chi connectivity index (χ1n) is 13.1. The minimum atomic E-state index is -2.59. The molecule has 2 aromatic rings. The molecule has 2 aliphatic heterocycles. The Labute approximate surface area is 220 Å². The summed E-state index contributed by atoms with van der Waals surface area (Å²) in [6.45, 7) is 7.08. The highest BCUT2D eigenvalue weighted by Crippen LogP contribution is 2.57. The Morgan fingerprint density at radius 1 is 1.14 bits per heavy atom. The third-order valence-electron chi connectivity index (χ3n) is 9.37. The van der Waals surface area contributed by atoms with Gasteiger partial charge in [0.05, 0.1) is 24.0 Å². The molecule has 5 aliphatic rings. The van der Waals surface area contributed by atoms with E-state index in [0.29, 0.717) is 29.5 Å². The van der Waals surface area contributed by atoms with Gasteiger partial charge in [-0.25, -0.2) is 13.8 Å². The van der Waals surface area contributed by atoms with Crippen LogP contribution in [0.2, 0.25) is 0 Å². The summed E-state index contributed by atoms with van der Waals surface area (Å²) in [5.41, 5.74) is 7.28. The number of halogens is 3. The van der Waals surface area contributed by atoms with Crippen molar-refractivity contribution in [3.63, 3.8) is 0 Å². The van der Waals surface area contributed by atoms with Gasteiger partial charge >= 0.3 is 0 Å². The number of fused-ring (bicyclic) bond motifs is 3. The molecular weight excluding hydrogens is 496 g/mol. The lowest BCUT2D eigenvalue weighted by Gasteiger charge is -2.59. The molecule has 0 amide bonds.